The van der Waals surface area contributed by atoms with Crippen molar-refractivity contribution in [2.24, 2.45) is 0 Å². The molecule has 152 valence electrons. The van der Waals surface area contributed by atoms with Gasteiger partial charge in [0.1, 0.15) is 17.5 Å². The fourth-order valence-electron chi connectivity index (χ4n) is 3.00. The van der Waals surface area contributed by atoms with E-state index in [0.717, 1.165) is 16.1 Å². The topological polar surface area (TPSA) is 76.2 Å². The van der Waals surface area contributed by atoms with Gasteiger partial charge in [0.2, 0.25) is 15.9 Å². The van der Waals surface area contributed by atoms with Crippen molar-refractivity contribution < 1.29 is 22.7 Å². The number of hydrogen-bond acceptors (Lipinski definition) is 5. The Bertz CT molecular complexity index is 915. The van der Waals surface area contributed by atoms with Crippen LogP contribution in [0.3, 0.4) is 0 Å². The average molecular weight is 407 g/mol. The molecule has 0 aromatic heterocycles. The molecule has 2 aromatic carbocycles. The van der Waals surface area contributed by atoms with E-state index in [9.17, 15) is 13.2 Å². The molecule has 2 rings (SSSR count). The minimum absolute atomic E-state index is 0.248. The fourth-order valence-corrected chi connectivity index (χ4v) is 4.16. The quantitative estimate of drug-likeness (QED) is 0.673. The zero-order valence-electron chi connectivity index (χ0n) is 16.7. The van der Waals surface area contributed by atoms with Gasteiger partial charge in [0, 0.05) is 19.7 Å². The third kappa shape index (κ3) is 4.95. The van der Waals surface area contributed by atoms with Gasteiger partial charge in [-0.15, -0.1) is 0 Å². The van der Waals surface area contributed by atoms with Crippen LogP contribution in [0.15, 0.2) is 48.5 Å². The molecule has 0 bridgehead atoms. The van der Waals surface area contributed by atoms with Crippen LogP contribution < -0.4 is 13.8 Å². The number of benzene rings is 2. The largest absolute Gasteiger partial charge is 0.497 e. The molecule has 1 atom stereocenters. The van der Waals surface area contributed by atoms with E-state index in [2.05, 4.69) is 0 Å². The molecule has 28 heavy (non-hydrogen) atoms. The Hall–Kier alpha value is -2.74. The number of hydrogen-bond donors (Lipinski definition) is 0. The lowest BCUT2D eigenvalue weighted by Gasteiger charge is -2.32. The van der Waals surface area contributed by atoms with Crippen molar-refractivity contribution in [3.63, 3.8) is 0 Å². The number of anilines is 1. The molecule has 8 heteroatoms. The molecule has 0 aliphatic heterocycles. The minimum Gasteiger partial charge on any atom is -0.497 e. The number of sulfonamides is 1. The zero-order valence-corrected chi connectivity index (χ0v) is 17.6. The van der Waals surface area contributed by atoms with E-state index in [0.29, 0.717) is 18.0 Å². The van der Waals surface area contributed by atoms with Gasteiger partial charge >= 0.3 is 0 Å². The maximum Gasteiger partial charge on any atom is 0.246 e. The Kier molecular flexibility index (Phi) is 6.90. The van der Waals surface area contributed by atoms with Crippen molar-refractivity contribution >= 4 is 21.6 Å². The molecule has 0 N–H and O–H groups in total. The number of likely N-dealkylation sites (N-methyl/N-ethyl adjacent to an activating group) is 1. The Balaban J connectivity index is 2.39. The van der Waals surface area contributed by atoms with Crippen LogP contribution >= 0.6 is 0 Å². The van der Waals surface area contributed by atoms with Crippen LogP contribution in [0.1, 0.15) is 12.5 Å². The second-order valence-electron chi connectivity index (χ2n) is 6.45. The van der Waals surface area contributed by atoms with Crippen molar-refractivity contribution in [3.05, 3.63) is 54.1 Å². The highest BCUT2D eigenvalue weighted by Gasteiger charge is 2.33. The number of amides is 1. The highest BCUT2D eigenvalue weighted by Crippen LogP contribution is 2.35. The molecule has 0 fully saturated rings. The molecule has 0 aliphatic rings. The average Bonchev–Trinajstić information content (AvgIpc) is 2.67. The maximum atomic E-state index is 13.0. The zero-order chi connectivity index (χ0) is 20.9. The summed E-state index contributed by atoms with van der Waals surface area (Å²) in [7, 11) is 0.801. The second-order valence-corrected chi connectivity index (χ2v) is 8.31. The summed E-state index contributed by atoms with van der Waals surface area (Å²) in [4.78, 5) is 14.5. The van der Waals surface area contributed by atoms with E-state index in [1.807, 2.05) is 30.3 Å². The van der Waals surface area contributed by atoms with Gasteiger partial charge in [-0.1, -0.05) is 30.3 Å². The van der Waals surface area contributed by atoms with Crippen LogP contribution in [0, 0.1) is 0 Å². The summed E-state index contributed by atoms with van der Waals surface area (Å²) < 4.78 is 36.8. The molecule has 2 aromatic rings. The summed E-state index contributed by atoms with van der Waals surface area (Å²) in [6.45, 7) is 1.93. The summed E-state index contributed by atoms with van der Waals surface area (Å²) in [6, 6.07) is 13.3. The first kappa shape index (κ1) is 21.6. The molecular weight excluding hydrogens is 380 g/mol. The Morgan fingerprint density at radius 2 is 1.71 bits per heavy atom. The number of carbonyl (C=O) groups is 1. The van der Waals surface area contributed by atoms with Crippen LogP contribution in [0.25, 0.3) is 0 Å². The highest BCUT2D eigenvalue weighted by atomic mass is 32.2. The second kappa shape index (κ2) is 8.97. The van der Waals surface area contributed by atoms with E-state index in [1.54, 1.807) is 32.2 Å². The predicted octanol–water partition coefficient (Wildman–Crippen LogP) is 2.52. The van der Waals surface area contributed by atoms with Crippen molar-refractivity contribution in [2.75, 3.05) is 31.8 Å². The van der Waals surface area contributed by atoms with Crippen LogP contribution in [0.5, 0.6) is 11.5 Å². The number of rotatable bonds is 8. The first-order chi connectivity index (χ1) is 13.2. The lowest BCUT2D eigenvalue weighted by Crippen LogP contribution is -2.48. The predicted molar refractivity (Wildman–Crippen MR) is 109 cm³/mol. The van der Waals surface area contributed by atoms with Crippen molar-refractivity contribution in [3.8, 4) is 11.5 Å². The molecule has 0 spiro atoms. The number of nitrogens with zero attached hydrogens (tertiary/aromatic N) is 2. The standard InChI is InChI=1S/C20H26N2O5S/c1-15(20(23)21(2)14-16-9-7-6-8-10-16)22(28(5,24)25)18-13-17(26-3)11-12-19(18)27-4/h6-13,15H,14H2,1-5H3/t15-/m0/s1. The van der Waals surface area contributed by atoms with Crippen molar-refractivity contribution in [2.45, 2.75) is 19.5 Å². The molecule has 0 unspecified atom stereocenters. The van der Waals surface area contributed by atoms with Gasteiger partial charge in [-0.3, -0.25) is 9.10 Å². The van der Waals surface area contributed by atoms with Crippen LogP contribution in [0.4, 0.5) is 5.69 Å². The van der Waals surface area contributed by atoms with E-state index in [1.165, 1.54) is 19.1 Å². The van der Waals surface area contributed by atoms with E-state index in [4.69, 9.17) is 9.47 Å². The number of carbonyl (C=O) groups excluding carboxylic acids is 1. The van der Waals surface area contributed by atoms with E-state index >= 15 is 0 Å². The molecule has 0 radical (unpaired) electrons. The van der Waals surface area contributed by atoms with Crippen molar-refractivity contribution in [1.82, 2.24) is 4.90 Å². The summed E-state index contributed by atoms with van der Waals surface area (Å²) in [5.74, 6) is 0.456. The van der Waals surface area contributed by atoms with Gasteiger partial charge < -0.3 is 14.4 Å². The third-order valence-corrected chi connectivity index (χ3v) is 5.56. The summed E-state index contributed by atoms with van der Waals surface area (Å²) in [5.41, 5.74) is 1.20. The van der Waals surface area contributed by atoms with Gasteiger partial charge in [0.05, 0.1) is 26.2 Å². The maximum absolute atomic E-state index is 13.0. The van der Waals surface area contributed by atoms with Gasteiger partial charge in [0.15, 0.2) is 0 Å². The minimum atomic E-state index is -3.78. The lowest BCUT2D eigenvalue weighted by molar-refractivity contribution is -0.131. The molecule has 7 nitrogen and oxygen atoms in total. The van der Waals surface area contributed by atoms with Gasteiger partial charge in [-0.25, -0.2) is 8.42 Å². The highest BCUT2D eigenvalue weighted by molar-refractivity contribution is 7.92. The molecule has 1 amide bonds. The van der Waals surface area contributed by atoms with Gasteiger partial charge in [0.25, 0.3) is 0 Å². The first-order valence-electron chi connectivity index (χ1n) is 8.69. The molecule has 0 saturated carbocycles. The summed E-state index contributed by atoms with van der Waals surface area (Å²) >= 11 is 0. The van der Waals surface area contributed by atoms with Crippen molar-refractivity contribution in [1.29, 1.82) is 0 Å². The number of ether oxygens (including phenoxy) is 2. The molecule has 0 aliphatic carbocycles. The Morgan fingerprint density at radius 1 is 1.07 bits per heavy atom. The van der Waals surface area contributed by atoms with Gasteiger partial charge in [-0.2, -0.15) is 0 Å². The molecular formula is C20H26N2O5S. The number of methoxy groups -OCH3 is 2. The van der Waals surface area contributed by atoms with Crippen LogP contribution in [-0.4, -0.2) is 52.8 Å². The molecule has 0 saturated heterocycles. The summed E-state index contributed by atoms with van der Waals surface area (Å²) in [5, 5.41) is 0. The summed E-state index contributed by atoms with van der Waals surface area (Å²) in [6.07, 6.45) is 1.06. The smallest absolute Gasteiger partial charge is 0.246 e. The lowest BCUT2D eigenvalue weighted by atomic mass is 10.2. The van der Waals surface area contributed by atoms with Crippen LogP contribution in [0.2, 0.25) is 0 Å². The fraction of sp³-hybridized carbons (Fsp3) is 0.350. The normalized spacial score (nSPS) is 12.2. The first-order valence-corrected chi connectivity index (χ1v) is 10.5. The third-order valence-electron chi connectivity index (χ3n) is 4.33. The van der Waals surface area contributed by atoms with Crippen LogP contribution in [-0.2, 0) is 21.4 Å². The van der Waals surface area contributed by atoms with E-state index < -0.39 is 16.1 Å². The van der Waals surface area contributed by atoms with Gasteiger partial charge in [-0.05, 0) is 24.6 Å². The molecule has 0 heterocycles. The SMILES string of the molecule is COc1ccc(OC)c(N([C@@H](C)C(=O)N(C)Cc2ccccc2)S(C)(=O)=O)c1. The monoisotopic (exact) mass is 406 g/mol. The van der Waals surface area contributed by atoms with E-state index in [-0.39, 0.29) is 11.6 Å². The Labute approximate surface area is 166 Å². The Morgan fingerprint density at radius 3 is 2.25 bits per heavy atom.